The Bertz CT molecular complexity index is 311. The predicted octanol–water partition coefficient (Wildman–Crippen LogP) is 2.52. The minimum Gasteiger partial charge on any atom is -0.309 e. The summed E-state index contributed by atoms with van der Waals surface area (Å²) in [6.45, 7) is 5.12. The molecule has 0 amide bonds. The van der Waals surface area contributed by atoms with Crippen molar-refractivity contribution in [2.24, 2.45) is 0 Å². The Morgan fingerprint density at radius 1 is 1.71 bits per heavy atom. The average Bonchev–Trinajstić information content (AvgIpc) is 2.59. The van der Waals surface area contributed by atoms with Crippen molar-refractivity contribution in [3.05, 3.63) is 16.1 Å². The Hall–Kier alpha value is -0.850. The van der Waals surface area contributed by atoms with Crippen molar-refractivity contribution in [1.29, 1.82) is 0 Å². The second-order valence-corrected chi connectivity index (χ2v) is 4.04. The van der Waals surface area contributed by atoms with Gasteiger partial charge in [-0.15, -0.1) is 23.7 Å². The molecule has 1 heterocycles. The zero-order chi connectivity index (χ0) is 10.4. The molecule has 76 valence electrons. The highest BCUT2D eigenvalue weighted by Gasteiger charge is 2.13. The topological polar surface area (TPSA) is 24.9 Å². The fraction of sp³-hybridized carbons (Fsp3) is 0.545. The standard InChI is InChI=1S/C11H16N2S/c1-4-6-7-10(12-5-2)11-9(3)13-8-14-11/h1,8,10,12H,5-7H2,2-3H3. The van der Waals surface area contributed by atoms with Gasteiger partial charge in [0.1, 0.15) is 0 Å². The molecular weight excluding hydrogens is 192 g/mol. The summed E-state index contributed by atoms with van der Waals surface area (Å²) in [5.41, 5.74) is 3.02. The van der Waals surface area contributed by atoms with Crippen LogP contribution in [-0.4, -0.2) is 11.5 Å². The first kappa shape index (κ1) is 11.2. The summed E-state index contributed by atoms with van der Waals surface area (Å²) in [4.78, 5) is 5.58. The molecule has 1 rings (SSSR count). The smallest absolute Gasteiger partial charge is 0.0798 e. The van der Waals surface area contributed by atoms with Gasteiger partial charge in [-0.05, 0) is 19.9 Å². The molecule has 0 aliphatic heterocycles. The van der Waals surface area contributed by atoms with Crippen molar-refractivity contribution in [1.82, 2.24) is 10.3 Å². The molecule has 1 atom stereocenters. The maximum Gasteiger partial charge on any atom is 0.0798 e. The predicted molar refractivity (Wildman–Crippen MR) is 61.3 cm³/mol. The molecule has 2 nitrogen and oxygen atoms in total. The molecule has 0 saturated heterocycles. The first-order valence-electron chi connectivity index (χ1n) is 4.86. The first-order valence-corrected chi connectivity index (χ1v) is 5.74. The second-order valence-electron chi connectivity index (χ2n) is 3.16. The van der Waals surface area contributed by atoms with Gasteiger partial charge in [-0.1, -0.05) is 6.92 Å². The third-order valence-electron chi connectivity index (χ3n) is 2.13. The van der Waals surface area contributed by atoms with Gasteiger partial charge in [-0.2, -0.15) is 0 Å². The van der Waals surface area contributed by atoms with Crippen molar-refractivity contribution in [2.45, 2.75) is 32.7 Å². The van der Waals surface area contributed by atoms with E-state index in [2.05, 4.69) is 23.1 Å². The highest BCUT2D eigenvalue weighted by molar-refractivity contribution is 7.09. The molecule has 0 aliphatic carbocycles. The molecule has 0 radical (unpaired) electrons. The lowest BCUT2D eigenvalue weighted by atomic mass is 10.1. The zero-order valence-corrected chi connectivity index (χ0v) is 9.53. The monoisotopic (exact) mass is 208 g/mol. The molecule has 0 bridgehead atoms. The van der Waals surface area contributed by atoms with E-state index in [9.17, 15) is 0 Å². The van der Waals surface area contributed by atoms with Crippen LogP contribution < -0.4 is 5.32 Å². The van der Waals surface area contributed by atoms with Crippen LogP contribution >= 0.6 is 11.3 Å². The quantitative estimate of drug-likeness (QED) is 0.752. The van der Waals surface area contributed by atoms with Crippen molar-refractivity contribution in [3.63, 3.8) is 0 Å². The second kappa shape index (κ2) is 5.79. The summed E-state index contributed by atoms with van der Waals surface area (Å²) >= 11 is 1.71. The number of aromatic nitrogens is 1. The molecule has 1 unspecified atom stereocenters. The number of nitrogens with one attached hydrogen (secondary N) is 1. The van der Waals surface area contributed by atoms with E-state index < -0.39 is 0 Å². The van der Waals surface area contributed by atoms with Crippen LogP contribution in [0, 0.1) is 19.3 Å². The Morgan fingerprint density at radius 2 is 2.50 bits per heavy atom. The van der Waals surface area contributed by atoms with E-state index in [1.165, 1.54) is 4.88 Å². The van der Waals surface area contributed by atoms with E-state index in [-0.39, 0.29) is 0 Å². The van der Waals surface area contributed by atoms with Crippen LogP contribution in [0.1, 0.15) is 36.4 Å². The Kier molecular flexibility index (Phi) is 4.64. The fourth-order valence-electron chi connectivity index (χ4n) is 1.45. The van der Waals surface area contributed by atoms with Crippen molar-refractivity contribution < 1.29 is 0 Å². The van der Waals surface area contributed by atoms with Crippen LogP contribution in [0.2, 0.25) is 0 Å². The molecule has 0 spiro atoms. The maximum atomic E-state index is 5.27. The number of hydrogen-bond donors (Lipinski definition) is 1. The number of rotatable bonds is 5. The van der Waals surface area contributed by atoms with Crippen LogP contribution in [0.15, 0.2) is 5.51 Å². The third kappa shape index (κ3) is 2.83. The lowest BCUT2D eigenvalue weighted by Crippen LogP contribution is -2.20. The molecule has 1 aromatic rings. The Balaban J connectivity index is 2.68. The van der Waals surface area contributed by atoms with E-state index in [1.807, 2.05) is 12.4 Å². The van der Waals surface area contributed by atoms with Crippen molar-refractivity contribution in [2.75, 3.05) is 6.54 Å². The van der Waals surface area contributed by atoms with Crippen molar-refractivity contribution >= 4 is 11.3 Å². The van der Waals surface area contributed by atoms with Gasteiger partial charge in [0.25, 0.3) is 0 Å². The van der Waals surface area contributed by atoms with Gasteiger partial charge in [-0.3, -0.25) is 0 Å². The summed E-state index contributed by atoms with van der Waals surface area (Å²) in [6.07, 6.45) is 7.08. The van der Waals surface area contributed by atoms with Crippen LogP contribution in [0.3, 0.4) is 0 Å². The molecule has 0 aromatic carbocycles. The van der Waals surface area contributed by atoms with Crippen LogP contribution in [0.4, 0.5) is 0 Å². The van der Waals surface area contributed by atoms with E-state index in [4.69, 9.17) is 6.42 Å². The number of aryl methyl sites for hydroxylation is 1. The molecule has 0 aliphatic rings. The average molecular weight is 208 g/mol. The van der Waals surface area contributed by atoms with Crippen LogP contribution in [0.5, 0.6) is 0 Å². The molecule has 1 aromatic heterocycles. The highest BCUT2D eigenvalue weighted by atomic mass is 32.1. The van der Waals surface area contributed by atoms with Crippen molar-refractivity contribution in [3.8, 4) is 12.3 Å². The largest absolute Gasteiger partial charge is 0.309 e. The molecule has 1 N–H and O–H groups in total. The minimum atomic E-state index is 0.378. The lowest BCUT2D eigenvalue weighted by molar-refractivity contribution is 0.527. The van der Waals surface area contributed by atoms with Gasteiger partial charge in [-0.25, -0.2) is 4.98 Å². The van der Waals surface area contributed by atoms with E-state index in [0.717, 1.165) is 25.1 Å². The number of hydrogen-bond acceptors (Lipinski definition) is 3. The van der Waals surface area contributed by atoms with Gasteiger partial charge < -0.3 is 5.32 Å². The van der Waals surface area contributed by atoms with Gasteiger partial charge in [0.2, 0.25) is 0 Å². The summed E-state index contributed by atoms with van der Waals surface area (Å²) in [6, 6.07) is 0.378. The van der Waals surface area contributed by atoms with E-state index in [0.29, 0.717) is 6.04 Å². The summed E-state index contributed by atoms with van der Waals surface area (Å²) in [5.74, 6) is 2.68. The minimum absolute atomic E-state index is 0.378. The maximum absolute atomic E-state index is 5.27. The highest BCUT2D eigenvalue weighted by Crippen LogP contribution is 2.25. The van der Waals surface area contributed by atoms with Gasteiger partial charge in [0.05, 0.1) is 11.2 Å². The number of terminal acetylenes is 1. The SMILES string of the molecule is C#CCCC(NCC)c1scnc1C. The normalized spacial score (nSPS) is 12.4. The summed E-state index contributed by atoms with van der Waals surface area (Å²) in [7, 11) is 0. The van der Waals surface area contributed by atoms with E-state index in [1.54, 1.807) is 11.3 Å². The van der Waals surface area contributed by atoms with Gasteiger partial charge in [0, 0.05) is 17.3 Å². The first-order chi connectivity index (χ1) is 6.79. The Morgan fingerprint density at radius 3 is 3.00 bits per heavy atom. The molecule has 3 heteroatoms. The molecule has 14 heavy (non-hydrogen) atoms. The number of nitrogens with zero attached hydrogens (tertiary/aromatic N) is 1. The molecule has 0 saturated carbocycles. The Labute approximate surface area is 89.8 Å². The lowest BCUT2D eigenvalue weighted by Gasteiger charge is -2.15. The molecule has 0 fully saturated rings. The van der Waals surface area contributed by atoms with Crippen LogP contribution in [0.25, 0.3) is 0 Å². The third-order valence-corrected chi connectivity index (χ3v) is 3.17. The van der Waals surface area contributed by atoms with E-state index >= 15 is 0 Å². The fourth-order valence-corrected chi connectivity index (χ4v) is 2.36. The summed E-state index contributed by atoms with van der Waals surface area (Å²) in [5, 5.41) is 3.44. The van der Waals surface area contributed by atoms with Gasteiger partial charge >= 0.3 is 0 Å². The van der Waals surface area contributed by atoms with Crippen LogP contribution in [-0.2, 0) is 0 Å². The van der Waals surface area contributed by atoms with Gasteiger partial charge in [0.15, 0.2) is 0 Å². The molecular formula is C11H16N2S. The summed E-state index contributed by atoms with van der Waals surface area (Å²) < 4.78 is 0. The number of thiazole rings is 1. The zero-order valence-electron chi connectivity index (χ0n) is 8.71.